The summed E-state index contributed by atoms with van der Waals surface area (Å²) in [5.74, 6) is 0.726. The van der Waals surface area contributed by atoms with Gasteiger partial charge in [0.25, 0.3) is 0 Å². The topological polar surface area (TPSA) is 12.0 Å². The first-order valence-electron chi connectivity index (χ1n) is 6.15. The van der Waals surface area contributed by atoms with Crippen LogP contribution in [0.25, 0.3) is 0 Å². The Bertz CT molecular complexity index is 294. The summed E-state index contributed by atoms with van der Waals surface area (Å²) in [6.45, 7) is 7.81. The highest BCUT2D eigenvalue weighted by Crippen LogP contribution is 2.16. The van der Waals surface area contributed by atoms with Crippen LogP contribution in [0, 0.1) is 5.92 Å². The van der Waals surface area contributed by atoms with E-state index in [0.29, 0.717) is 6.04 Å². The Labute approximate surface area is 108 Å². The van der Waals surface area contributed by atoms with E-state index < -0.39 is 0 Å². The van der Waals surface area contributed by atoms with Crippen LogP contribution in [0.1, 0.15) is 32.8 Å². The molecule has 0 amide bonds. The fraction of sp³-hybridized carbons (Fsp3) is 0.571. The van der Waals surface area contributed by atoms with Gasteiger partial charge >= 0.3 is 0 Å². The van der Waals surface area contributed by atoms with Crippen molar-refractivity contribution < 1.29 is 0 Å². The number of halogens is 1. The molecule has 1 rings (SSSR count). The third kappa shape index (κ3) is 4.26. The van der Waals surface area contributed by atoms with Gasteiger partial charge in [-0.3, -0.25) is 0 Å². The second-order valence-corrected chi connectivity index (χ2v) is 5.30. The molecular formula is C14H22BrN. The molecule has 0 bridgehead atoms. The normalized spacial score (nSPS) is 14.8. The van der Waals surface area contributed by atoms with Crippen LogP contribution in [-0.4, -0.2) is 12.6 Å². The summed E-state index contributed by atoms with van der Waals surface area (Å²) in [4.78, 5) is 0. The van der Waals surface area contributed by atoms with Crippen LogP contribution in [0.3, 0.4) is 0 Å². The highest BCUT2D eigenvalue weighted by Gasteiger charge is 2.14. The lowest BCUT2D eigenvalue weighted by Gasteiger charge is -2.24. The number of hydrogen-bond donors (Lipinski definition) is 1. The van der Waals surface area contributed by atoms with Crippen LogP contribution < -0.4 is 5.32 Å². The number of nitrogens with one attached hydrogen (secondary N) is 1. The Morgan fingerprint density at radius 2 is 1.81 bits per heavy atom. The molecule has 0 fully saturated rings. The zero-order chi connectivity index (χ0) is 12.0. The minimum absolute atomic E-state index is 0.594. The molecule has 0 saturated carbocycles. The highest BCUT2D eigenvalue weighted by molar-refractivity contribution is 9.10. The van der Waals surface area contributed by atoms with Gasteiger partial charge in [-0.2, -0.15) is 0 Å². The molecule has 2 atom stereocenters. The van der Waals surface area contributed by atoms with E-state index in [1.54, 1.807) is 0 Å². The lowest BCUT2D eigenvalue weighted by atomic mass is 9.93. The lowest BCUT2D eigenvalue weighted by molar-refractivity contribution is 0.371. The van der Waals surface area contributed by atoms with Crippen molar-refractivity contribution in [1.29, 1.82) is 0 Å². The molecule has 1 aromatic rings. The summed E-state index contributed by atoms with van der Waals surface area (Å²) in [5, 5.41) is 3.58. The molecule has 2 unspecified atom stereocenters. The first-order valence-corrected chi connectivity index (χ1v) is 6.94. The summed E-state index contributed by atoms with van der Waals surface area (Å²) >= 11 is 3.47. The lowest BCUT2D eigenvalue weighted by Crippen LogP contribution is -2.36. The molecule has 1 aromatic carbocycles. The van der Waals surface area contributed by atoms with Crippen LogP contribution in [0.4, 0.5) is 0 Å². The van der Waals surface area contributed by atoms with Gasteiger partial charge in [0, 0.05) is 10.5 Å². The number of hydrogen-bond acceptors (Lipinski definition) is 1. The number of likely N-dealkylation sites (N-methyl/N-ethyl adjacent to an activating group) is 1. The second kappa shape index (κ2) is 7.08. The molecule has 16 heavy (non-hydrogen) atoms. The molecule has 1 N–H and O–H groups in total. The van der Waals surface area contributed by atoms with Gasteiger partial charge in [0.2, 0.25) is 0 Å². The van der Waals surface area contributed by atoms with Gasteiger partial charge < -0.3 is 5.32 Å². The van der Waals surface area contributed by atoms with Crippen molar-refractivity contribution in [2.24, 2.45) is 5.92 Å². The molecule has 90 valence electrons. The molecular weight excluding hydrogens is 262 g/mol. The van der Waals surface area contributed by atoms with Gasteiger partial charge in [0.1, 0.15) is 0 Å². The highest BCUT2D eigenvalue weighted by atomic mass is 79.9. The van der Waals surface area contributed by atoms with E-state index in [2.05, 4.69) is 66.3 Å². The summed E-state index contributed by atoms with van der Waals surface area (Å²) < 4.78 is 1.15. The molecule has 0 heterocycles. The Balaban J connectivity index is 2.63. The monoisotopic (exact) mass is 283 g/mol. The predicted molar refractivity (Wildman–Crippen MR) is 74.8 cm³/mol. The van der Waals surface area contributed by atoms with Crippen molar-refractivity contribution in [2.45, 2.75) is 39.7 Å². The molecule has 0 saturated heterocycles. The van der Waals surface area contributed by atoms with Crippen molar-refractivity contribution in [3.8, 4) is 0 Å². The minimum Gasteiger partial charge on any atom is -0.314 e. The molecule has 0 radical (unpaired) electrons. The molecule has 1 nitrogen and oxygen atoms in total. The fourth-order valence-corrected chi connectivity index (χ4v) is 2.16. The Morgan fingerprint density at radius 3 is 2.31 bits per heavy atom. The fourth-order valence-electron chi connectivity index (χ4n) is 1.90. The van der Waals surface area contributed by atoms with Crippen molar-refractivity contribution in [1.82, 2.24) is 5.32 Å². The Hall–Kier alpha value is -0.340. The molecule has 2 heteroatoms. The van der Waals surface area contributed by atoms with Gasteiger partial charge in [-0.05, 0) is 36.6 Å². The molecule has 0 aliphatic heterocycles. The Kier molecular flexibility index (Phi) is 6.07. The first kappa shape index (κ1) is 13.7. The molecule has 0 spiro atoms. The van der Waals surface area contributed by atoms with Crippen LogP contribution in [0.5, 0.6) is 0 Å². The SMILES string of the molecule is CCNC(Cc1ccc(Br)cc1)C(C)CC. The summed E-state index contributed by atoms with van der Waals surface area (Å²) in [6, 6.07) is 9.24. The van der Waals surface area contributed by atoms with E-state index in [0.717, 1.165) is 23.4 Å². The maximum absolute atomic E-state index is 3.58. The van der Waals surface area contributed by atoms with E-state index in [1.807, 2.05) is 0 Å². The van der Waals surface area contributed by atoms with Gasteiger partial charge in [0.05, 0.1) is 0 Å². The van der Waals surface area contributed by atoms with E-state index >= 15 is 0 Å². The minimum atomic E-state index is 0.594. The molecule has 0 aliphatic carbocycles. The third-order valence-electron chi connectivity index (χ3n) is 3.17. The first-order chi connectivity index (χ1) is 7.67. The Morgan fingerprint density at radius 1 is 1.19 bits per heavy atom. The molecule has 0 aliphatic rings. The van der Waals surface area contributed by atoms with E-state index in [-0.39, 0.29) is 0 Å². The van der Waals surface area contributed by atoms with Crippen LogP contribution in [0.2, 0.25) is 0 Å². The van der Waals surface area contributed by atoms with Gasteiger partial charge in [-0.25, -0.2) is 0 Å². The predicted octanol–water partition coefficient (Wildman–Crippen LogP) is 4.02. The average molecular weight is 284 g/mol. The van der Waals surface area contributed by atoms with E-state index in [4.69, 9.17) is 0 Å². The van der Waals surface area contributed by atoms with Gasteiger partial charge in [-0.1, -0.05) is 55.3 Å². The van der Waals surface area contributed by atoms with Crippen molar-refractivity contribution in [2.75, 3.05) is 6.54 Å². The largest absolute Gasteiger partial charge is 0.314 e. The van der Waals surface area contributed by atoms with Crippen LogP contribution in [-0.2, 0) is 6.42 Å². The summed E-state index contributed by atoms with van der Waals surface area (Å²) in [5.41, 5.74) is 1.41. The average Bonchev–Trinajstić information content (AvgIpc) is 2.30. The molecule has 0 aromatic heterocycles. The van der Waals surface area contributed by atoms with E-state index in [9.17, 15) is 0 Å². The maximum Gasteiger partial charge on any atom is 0.0175 e. The summed E-state index contributed by atoms with van der Waals surface area (Å²) in [7, 11) is 0. The van der Waals surface area contributed by atoms with Gasteiger partial charge in [0.15, 0.2) is 0 Å². The smallest absolute Gasteiger partial charge is 0.0175 e. The second-order valence-electron chi connectivity index (χ2n) is 4.38. The number of rotatable bonds is 6. The van der Waals surface area contributed by atoms with Crippen molar-refractivity contribution >= 4 is 15.9 Å². The van der Waals surface area contributed by atoms with E-state index in [1.165, 1.54) is 12.0 Å². The summed E-state index contributed by atoms with van der Waals surface area (Å²) in [6.07, 6.45) is 2.35. The zero-order valence-corrected chi connectivity index (χ0v) is 12.0. The van der Waals surface area contributed by atoms with Gasteiger partial charge in [-0.15, -0.1) is 0 Å². The maximum atomic E-state index is 3.58. The quantitative estimate of drug-likeness (QED) is 0.832. The van der Waals surface area contributed by atoms with Crippen LogP contribution in [0.15, 0.2) is 28.7 Å². The number of benzene rings is 1. The standard InChI is InChI=1S/C14H22BrN/c1-4-11(3)14(16-5-2)10-12-6-8-13(15)9-7-12/h6-9,11,14,16H,4-5,10H2,1-3H3. The van der Waals surface area contributed by atoms with Crippen LogP contribution >= 0.6 is 15.9 Å². The van der Waals surface area contributed by atoms with Crippen molar-refractivity contribution in [3.05, 3.63) is 34.3 Å². The zero-order valence-electron chi connectivity index (χ0n) is 10.5. The van der Waals surface area contributed by atoms with Crippen molar-refractivity contribution in [3.63, 3.8) is 0 Å². The third-order valence-corrected chi connectivity index (χ3v) is 3.69.